The van der Waals surface area contributed by atoms with Gasteiger partial charge in [-0.1, -0.05) is 31.2 Å². The zero-order chi connectivity index (χ0) is 14.1. The first-order valence-corrected chi connectivity index (χ1v) is 6.78. The van der Waals surface area contributed by atoms with Crippen molar-refractivity contribution in [1.29, 1.82) is 0 Å². The molecule has 3 nitrogen and oxygen atoms in total. The number of ketones is 2. The maximum atomic E-state index is 12.5. The van der Waals surface area contributed by atoms with Crippen LogP contribution in [0.2, 0.25) is 0 Å². The van der Waals surface area contributed by atoms with Crippen LogP contribution in [0.25, 0.3) is 0 Å². The molecule has 2 aromatic rings. The highest BCUT2D eigenvalue weighted by Gasteiger charge is 2.29. The normalized spacial score (nSPS) is 12.8. The van der Waals surface area contributed by atoms with Gasteiger partial charge in [0.05, 0.1) is 0 Å². The van der Waals surface area contributed by atoms with Gasteiger partial charge in [0.15, 0.2) is 11.6 Å². The molecule has 1 aliphatic carbocycles. The van der Waals surface area contributed by atoms with Crippen molar-refractivity contribution in [1.82, 2.24) is 0 Å². The monoisotopic (exact) mass is 265 g/mol. The van der Waals surface area contributed by atoms with Crippen LogP contribution in [0.3, 0.4) is 0 Å². The topological polar surface area (TPSA) is 46.2 Å². The first-order chi connectivity index (χ1) is 9.72. The number of fused-ring (bicyclic) bond motifs is 2. The molecule has 100 valence electrons. The summed E-state index contributed by atoms with van der Waals surface area (Å²) in [6.07, 6.45) is 1.01. The molecule has 0 unspecified atom stereocenters. The summed E-state index contributed by atoms with van der Waals surface area (Å²) >= 11 is 0. The fourth-order valence-electron chi connectivity index (χ4n) is 2.48. The van der Waals surface area contributed by atoms with Crippen LogP contribution in [0, 0.1) is 0 Å². The zero-order valence-corrected chi connectivity index (χ0v) is 11.3. The molecule has 0 bridgehead atoms. The summed E-state index contributed by atoms with van der Waals surface area (Å²) in [6.45, 7) is 2.92. The van der Waals surface area contributed by atoms with Gasteiger partial charge in [0.2, 0.25) is 0 Å². The number of carbonyl (C=O) groups is 2. The van der Waals surface area contributed by atoms with Gasteiger partial charge in [0.1, 0.15) is 0 Å². The second-order valence-electron chi connectivity index (χ2n) is 4.89. The molecule has 3 rings (SSSR count). The third-order valence-electron chi connectivity index (χ3n) is 3.50. The van der Waals surface area contributed by atoms with E-state index in [0.29, 0.717) is 22.3 Å². The third kappa shape index (κ3) is 1.92. The highest BCUT2D eigenvalue weighted by molar-refractivity contribution is 6.28. The van der Waals surface area contributed by atoms with Crippen LogP contribution in [-0.2, 0) is 0 Å². The number of hydrogen-bond donors (Lipinski definition) is 1. The second kappa shape index (κ2) is 4.93. The molecule has 0 heterocycles. The predicted molar refractivity (Wildman–Crippen MR) is 78.5 cm³/mol. The molecule has 0 aliphatic heterocycles. The van der Waals surface area contributed by atoms with Gasteiger partial charge in [-0.3, -0.25) is 9.59 Å². The van der Waals surface area contributed by atoms with E-state index in [1.807, 2.05) is 6.07 Å². The minimum absolute atomic E-state index is 0.0720. The van der Waals surface area contributed by atoms with Crippen molar-refractivity contribution < 1.29 is 9.59 Å². The van der Waals surface area contributed by atoms with E-state index < -0.39 is 0 Å². The first kappa shape index (κ1) is 12.6. The van der Waals surface area contributed by atoms with Crippen molar-refractivity contribution in [3.63, 3.8) is 0 Å². The van der Waals surface area contributed by atoms with Gasteiger partial charge in [-0.25, -0.2) is 0 Å². The summed E-state index contributed by atoms with van der Waals surface area (Å²) < 4.78 is 0. The van der Waals surface area contributed by atoms with Crippen molar-refractivity contribution in [2.45, 2.75) is 13.3 Å². The summed E-state index contributed by atoms with van der Waals surface area (Å²) in [4.78, 5) is 24.9. The van der Waals surface area contributed by atoms with Crippen molar-refractivity contribution in [3.8, 4) is 0 Å². The van der Waals surface area contributed by atoms with E-state index in [-0.39, 0.29) is 11.6 Å². The van der Waals surface area contributed by atoms with Gasteiger partial charge in [0, 0.05) is 34.5 Å². The zero-order valence-electron chi connectivity index (χ0n) is 11.3. The smallest absolute Gasteiger partial charge is 0.194 e. The Labute approximate surface area is 117 Å². The van der Waals surface area contributed by atoms with Crippen molar-refractivity contribution in [2.75, 3.05) is 11.9 Å². The molecule has 1 aliphatic rings. The van der Waals surface area contributed by atoms with Crippen LogP contribution < -0.4 is 5.32 Å². The van der Waals surface area contributed by atoms with E-state index in [2.05, 4.69) is 12.2 Å². The number of rotatable bonds is 3. The van der Waals surface area contributed by atoms with Crippen LogP contribution in [0.15, 0.2) is 42.5 Å². The van der Waals surface area contributed by atoms with Gasteiger partial charge in [0.25, 0.3) is 0 Å². The largest absolute Gasteiger partial charge is 0.385 e. The Balaban J connectivity index is 2.09. The molecule has 0 saturated carbocycles. The number of benzene rings is 2. The van der Waals surface area contributed by atoms with Gasteiger partial charge in [-0.2, -0.15) is 0 Å². The molecule has 1 N–H and O–H groups in total. The van der Waals surface area contributed by atoms with Crippen LogP contribution in [0.1, 0.15) is 45.2 Å². The second-order valence-corrected chi connectivity index (χ2v) is 4.89. The quantitative estimate of drug-likeness (QED) is 0.790. The van der Waals surface area contributed by atoms with Crippen LogP contribution in [0.4, 0.5) is 5.69 Å². The van der Waals surface area contributed by atoms with E-state index in [4.69, 9.17) is 0 Å². The molecule has 0 radical (unpaired) electrons. The summed E-state index contributed by atoms with van der Waals surface area (Å²) in [5, 5.41) is 3.24. The molecular weight excluding hydrogens is 250 g/mol. The number of anilines is 1. The van der Waals surface area contributed by atoms with E-state index in [1.165, 1.54) is 0 Å². The third-order valence-corrected chi connectivity index (χ3v) is 3.50. The molecule has 0 spiro atoms. The lowest BCUT2D eigenvalue weighted by Crippen LogP contribution is -2.21. The lowest BCUT2D eigenvalue weighted by atomic mass is 9.84. The van der Waals surface area contributed by atoms with E-state index in [0.717, 1.165) is 18.7 Å². The standard InChI is InChI=1S/C17H15NO2/c1-2-9-18-11-7-8-14-15(10-11)17(20)13-6-4-3-5-12(13)16(14)19/h3-8,10,18H,2,9H2,1H3. The van der Waals surface area contributed by atoms with Crippen LogP contribution >= 0.6 is 0 Å². The lowest BCUT2D eigenvalue weighted by molar-refractivity contribution is 0.0979. The van der Waals surface area contributed by atoms with Gasteiger partial charge < -0.3 is 5.32 Å². The maximum Gasteiger partial charge on any atom is 0.194 e. The van der Waals surface area contributed by atoms with Gasteiger partial charge in [-0.05, 0) is 24.6 Å². The number of hydrogen-bond acceptors (Lipinski definition) is 3. The van der Waals surface area contributed by atoms with Gasteiger partial charge >= 0.3 is 0 Å². The molecule has 20 heavy (non-hydrogen) atoms. The fourth-order valence-corrected chi connectivity index (χ4v) is 2.48. The molecular formula is C17H15NO2. The fraction of sp³-hybridized carbons (Fsp3) is 0.176. The Hall–Kier alpha value is -2.42. The summed E-state index contributed by atoms with van der Waals surface area (Å²) in [5.41, 5.74) is 2.87. The van der Waals surface area contributed by atoms with Crippen molar-refractivity contribution in [3.05, 3.63) is 64.7 Å². The Morgan fingerprint density at radius 2 is 1.45 bits per heavy atom. The molecule has 0 amide bonds. The Bertz CT molecular complexity index is 704. The molecule has 0 saturated heterocycles. The van der Waals surface area contributed by atoms with E-state index in [9.17, 15) is 9.59 Å². The highest BCUT2D eigenvalue weighted by Crippen LogP contribution is 2.28. The molecule has 0 atom stereocenters. The maximum absolute atomic E-state index is 12.5. The Kier molecular flexibility index (Phi) is 3.11. The summed E-state index contributed by atoms with van der Waals surface area (Å²) in [5.74, 6) is -0.146. The van der Waals surface area contributed by atoms with Crippen LogP contribution in [0.5, 0.6) is 0 Å². The summed E-state index contributed by atoms with van der Waals surface area (Å²) in [7, 11) is 0. The van der Waals surface area contributed by atoms with E-state index >= 15 is 0 Å². The number of nitrogens with one attached hydrogen (secondary N) is 1. The van der Waals surface area contributed by atoms with Crippen molar-refractivity contribution in [2.24, 2.45) is 0 Å². The summed E-state index contributed by atoms with van der Waals surface area (Å²) in [6, 6.07) is 12.4. The SMILES string of the molecule is CCCNc1ccc2c(c1)C(=O)c1ccccc1C2=O. The molecule has 0 fully saturated rings. The average Bonchev–Trinajstić information content (AvgIpc) is 2.50. The predicted octanol–water partition coefficient (Wildman–Crippen LogP) is 3.28. The molecule has 0 aromatic heterocycles. The minimum atomic E-state index is -0.0738. The van der Waals surface area contributed by atoms with Crippen molar-refractivity contribution >= 4 is 17.3 Å². The Morgan fingerprint density at radius 1 is 0.850 bits per heavy atom. The van der Waals surface area contributed by atoms with Gasteiger partial charge in [-0.15, -0.1) is 0 Å². The molecule has 2 aromatic carbocycles. The highest BCUT2D eigenvalue weighted by atomic mass is 16.1. The van der Waals surface area contributed by atoms with E-state index in [1.54, 1.807) is 36.4 Å². The number of carbonyl (C=O) groups excluding carboxylic acids is 2. The average molecular weight is 265 g/mol. The van der Waals surface area contributed by atoms with Crippen LogP contribution in [-0.4, -0.2) is 18.1 Å². The first-order valence-electron chi connectivity index (χ1n) is 6.78. The molecule has 3 heteroatoms. The lowest BCUT2D eigenvalue weighted by Gasteiger charge is -2.18. The Morgan fingerprint density at radius 3 is 2.10 bits per heavy atom. The minimum Gasteiger partial charge on any atom is -0.385 e.